The van der Waals surface area contributed by atoms with E-state index in [0.717, 1.165) is 5.56 Å². The lowest BCUT2D eigenvalue weighted by Crippen LogP contribution is -2.15. The minimum Gasteiger partial charge on any atom is -0.324 e. The fraction of sp³-hybridized carbons (Fsp3) is 0.300. The Morgan fingerprint density at radius 2 is 1.47 bits per heavy atom. The Kier molecular flexibility index (Phi) is 4.85. The summed E-state index contributed by atoms with van der Waals surface area (Å²) in [7, 11) is -10.1. The van der Waals surface area contributed by atoms with Crippen LogP contribution in [-0.4, -0.2) is 30.8 Å². The molecule has 0 unspecified atom stereocenters. The van der Waals surface area contributed by atoms with Crippen molar-refractivity contribution < 1.29 is 33.5 Å². The molecule has 0 bridgehead atoms. The van der Waals surface area contributed by atoms with E-state index in [2.05, 4.69) is 0 Å². The fourth-order valence-corrected chi connectivity index (χ4v) is 3.83. The minimum absolute atomic E-state index is 0.150. The summed E-state index contributed by atoms with van der Waals surface area (Å²) in [5.74, 6) is -0.725. The Balaban J connectivity index is 2.99. The predicted octanol–water partition coefficient (Wildman–Crippen LogP) is 1.25. The van der Waals surface area contributed by atoms with E-state index < -0.39 is 32.8 Å². The SMILES string of the molecule is Cc1ccc(C(=O)CC(P(=O)(O)O)P(=O)(O)O)cc1. The predicted molar refractivity (Wildman–Crippen MR) is 68.0 cm³/mol. The van der Waals surface area contributed by atoms with Gasteiger partial charge in [0.15, 0.2) is 11.2 Å². The van der Waals surface area contributed by atoms with Gasteiger partial charge in [0.2, 0.25) is 0 Å². The molecule has 0 fully saturated rings. The van der Waals surface area contributed by atoms with Crippen molar-refractivity contribution in [2.24, 2.45) is 0 Å². The van der Waals surface area contributed by atoms with Gasteiger partial charge in [-0.05, 0) is 6.92 Å². The van der Waals surface area contributed by atoms with Crippen LogP contribution in [0.4, 0.5) is 0 Å². The summed E-state index contributed by atoms with van der Waals surface area (Å²) in [5.41, 5.74) is 1.04. The highest BCUT2D eigenvalue weighted by Gasteiger charge is 2.44. The van der Waals surface area contributed by atoms with Gasteiger partial charge in [-0.1, -0.05) is 29.8 Å². The molecule has 4 N–H and O–H groups in total. The van der Waals surface area contributed by atoms with Crippen LogP contribution in [0.1, 0.15) is 22.3 Å². The normalized spacial score (nSPS) is 12.7. The molecule has 0 aliphatic rings. The van der Waals surface area contributed by atoms with E-state index in [9.17, 15) is 13.9 Å². The Bertz CT molecular complexity index is 532. The minimum atomic E-state index is -5.07. The highest BCUT2D eigenvalue weighted by atomic mass is 31.2. The lowest BCUT2D eigenvalue weighted by atomic mass is 10.1. The molecule has 106 valence electrons. The first-order valence-corrected chi connectivity index (χ1v) is 8.58. The third-order valence-corrected chi connectivity index (χ3v) is 6.24. The van der Waals surface area contributed by atoms with E-state index in [1.165, 1.54) is 12.1 Å². The highest BCUT2D eigenvalue weighted by Crippen LogP contribution is 2.61. The van der Waals surface area contributed by atoms with Gasteiger partial charge in [-0.3, -0.25) is 13.9 Å². The molecule has 0 aromatic heterocycles. The van der Waals surface area contributed by atoms with Gasteiger partial charge in [-0.25, -0.2) is 0 Å². The van der Waals surface area contributed by atoms with Crippen molar-refractivity contribution in [1.82, 2.24) is 0 Å². The summed E-state index contributed by atoms with van der Waals surface area (Å²) in [6.45, 7) is 1.79. The molecule has 7 nitrogen and oxygen atoms in total. The standard InChI is InChI=1S/C10H14O7P2/c1-7-2-4-8(5-3-7)9(11)6-10(18(12,13)14)19(15,16)17/h2-5,10H,6H2,1H3,(H2,12,13,14)(H2,15,16,17). The Labute approximate surface area is 109 Å². The fourth-order valence-electron chi connectivity index (χ4n) is 1.46. The summed E-state index contributed by atoms with van der Waals surface area (Å²) in [6, 6.07) is 6.12. The lowest BCUT2D eigenvalue weighted by Gasteiger charge is -2.18. The number of ketones is 1. The molecule has 0 aliphatic heterocycles. The second-order valence-corrected chi connectivity index (χ2v) is 8.16. The molecule has 19 heavy (non-hydrogen) atoms. The second-order valence-electron chi connectivity index (χ2n) is 4.15. The molecule has 0 atom stereocenters. The van der Waals surface area contributed by atoms with E-state index in [1.807, 2.05) is 0 Å². The summed E-state index contributed by atoms with van der Waals surface area (Å²) < 4.78 is 22.1. The number of Topliss-reactive ketones (excluding diaryl/α,β-unsaturated/α-hetero) is 1. The molecule has 0 saturated carbocycles. The van der Waals surface area contributed by atoms with Crippen molar-refractivity contribution in [3.63, 3.8) is 0 Å². The van der Waals surface area contributed by atoms with Gasteiger partial charge in [0, 0.05) is 12.0 Å². The number of hydrogen-bond acceptors (Lipinski definition) is 3. The first-order valence-electron chi connectivity index (χ1n) is 5.22. The van der Waals surface area contributed by atoms with Gasteiger partial charge in [0.25, 0.3) is 0 Å². The third kappa shape index (κ3) is 4.66. The van der Waals surface area contributed by atoms with Crippen LogP contribution in [0.2, 0.25) is 0 Å². The molecule has 0 aliphatic carbocycles. The van der Waals surface area contributed by atoms with Crippen LogP contribution in [0.25, 0.3) is 0 Å². The van der Waals surface area contributed by atoms with Crippen LogP contribution < -0.4 is 0 Å². The monoisotopic (exact) mass is 308 g/mol. The summed E-state index contributed by atoms with van der Waals surface area (Å²) >= 11 is 0. The van der Waals surface area contributed by atoms with Gasteiger partial charge in [-0.15, -0.1) is 0 Å². The van der Waals surface area contributed by atoms with Crippen molar-refractivity contribution >= 4 is 21.0 Å². The molecular formula is C10H14O7P2. The first-order chi connectivity index (χ1) is 8.51. The number of rotatable bonds is 5. The molecule has 1 rings (SSSR count). The molecule has 0 heterocycles. The second kappa shape index (κ2) is 5.67. The molecule has 0 radical (unpaired) electrons. The van der Waals surface area contributed by atoms with Crippen molar-refractivity contribution in [1.29, 1.82) is 0 Å². The number of aryl methyl sites for hydroxylation is 1. The van der Waals surface area contributed by atoms with Crippen LogP contribution in [0.5, 0.6) is 0 Å². The van der Waals surface area contributed by atoms with E-state index in [0.29, 0.717) is 0 Å². The first kappa shape index (κ1) is 16.2. The zero-order valence-corrected chi connectivity index (χ0v) is 11.8. The zero-order valence-electron chi connectivity index (χ0n) is 10.0. The number of benzene rings is 1. The van der Waals surface area contributed by atoms with Crippen molar-refractivity contribution in [2.75, 3.05) is 0 Å². The quantitative estimate of drug-likeness (QED) is 0.475. The van der Waals surface area contributed by atoms with E-state index in [1.54, 1.807) is 19.1 Å². The summed E-state index contributed by atoms with van der Waals surface area (Å²) in [4.78, 5) is 47.5. The van der Waals surface area contributed by atoms with Crippen molar-refractivity contribution in [2.45, 2.75) is 18.7 Å². The van der Waals surface area contributed by atoms with E-state index in [4.69, 9.17) is 19.6 Å². The Morgan fingerprint density at radius 3 is 1.84 bits per heavy atom. The molecule has 9 heteroatoms. The molecule has 0 saturated heterocycles. The number of hydrogen-bond donors (Lipinski definition) is 4. The average Bonchev–Trinajstić information content (AvgIpc) is 2.23. The van der Waals surface area contributed by atoms with Gasteiger partial charge in [-0.2, -0.15) is 0 Å². The smallest absolute Gasteiger partial charge is 0.324 e. The van der Waals surface area contributed by atoms with Gasteiger partial charge in [0.1, 0.15) is 0 Å². The average molecular weight is 308 g/mol. The van der Waals surface area contributed by atoms with Crippen LogP contribution in [0.3, 0.4) is 0 Å². The van der Waals surface area contributed by atoms with Gasteiger partial charge >= 0.3 is 15.2 Å². The van der Waals surface area contributed by atoms with Gasteiger partial charge in [0.05, 0.1) is 0 Å². The maximum absolute atomic E-state index is 11.8. The van der Waals surface area contributed by atoms with Crippen molar-refractivity contribution in [3.05, 3.63) is 35.4 Å². The van der Waals surface area contributed by atoms with E-state index in [-0.39, 0.29) is 5.56 Å². The molecule has 1 aromatic rings. The Hall–Kier alpha value is -0.810. The zero-order chi connectivity index (χ0) is 14.8. The summed E-state index contributed by atoms with van der Waals surface area (Å²) in [6.07, 6.45) is -0.905. The van der Waals surface area contributed by atoms with Crippen molar-refractivity contribution in [3.8, 4) is 0 Å². The van der Waals surface area contributed by atoms with Crippen LogP contribution in [0.15, 0.2) is 24.3 Å². The maximum Gasteiger partial charge on any atom is 0.341 e. The highest BCUT2D eigenvalue weighted by molar-refractivity contribution is 7.70. The number of carbonyl (C=O) groups is 1. The number of carbonyl (C=O) groups excluding carboxylic acids is 1. The largest absolute Gasteiger partial charge is 0.341 e. The van der Waals surface area contributed by atoms with Crippen LogP contribution in [-0.2, 0) is 9.13 Å². The van der Waals surface area contributed by atoms with Crippen LogP contribution in [0, 0.1) is 6.92 Å². The third-order valence-electron chi connectivity index (χ3n) is 2.52. The molecular weight excluding hydrogens is 294 g/mol. The topological polar surface area (TPSA) is 132 Å². The van der Waals surface area contributed by atoms with Gasteiger partial charge < -0.3 is 19.6 Å². The maximum atomic E-state index is 11.8. The van der Waals surface area contributed by atoms with Crippen LogP contribution >= 0.6 is 15.2 Å². The molecule has 0 amide bonds. The molecule has 0 spiro atoms. The Morgan fingerprint density at radius 1 is 1.05 bits per heavy atom. The lowest BCUT2D eigenvalue weighted by molar-refractivity contribution is 0.0980. The summed E-state index contributed by atoms with van der Waals surface area (Å²) in [5, 5.41) is -2.30. The molecule has 1 aromatic carbocycles. The van der Waals surface area contributed by atoms with E-state index >= 15 is 0 Å².